The highest BCUT2D eigenvalue weighted by Gasteiger charge is 2.27. The van der Waals surface area contributed by atoms with Gasteiger partial charge in [0.2, 0.25) is 0 Å². The fraction of sp³-hybridized carbons (Fsp3) is 0.0526. The molecule has 0 unspecified atom stereocenters. The first-order chi connectivity index (χ1) is 11.2. The molecule has 0 spiro atoms. The van der Waals surface area contributed by atoms with E-state index in [1.54, 1.807) is 17.0 Å². The van der Waals surface area contributed by atoms with Gasteiger partial charge in [0.25, 0.3) is 5.91 Å². The van der Waals surface area contributed by atoms with Crippen LogP contribution in [0.2, 0.25) is 0 Å². The van der Waals surface area contributed by atoms with Crippen molar-refractivity contribution in [1.82, 2.24) is 0 Å². The Kier molecular flexibility index (Phi) is 3.81. The van der Waals surface area contributed by atoms with Gasteiger partial charge in [0.15, 0.2) is 0 Å². The fourth-order valence-electron chi connectivity index (χ4n) is 2.99. The van der Waals surface area contributed by atoms with Gasteiger partial charge in [-0.3, -0.25) is 4.79 Å². The lowest BCUT2D eigenvalue weighted by atomic mass is 9.94. The van der Waals surface area contributed by atoms with Crippen LogP contribution >= 0.6 is 0 Å². The maximum Gasteiger partial charge on any atom is 0.259 e. The first-order valence-corrected chi connectivity index (χ1v) is 7.14. The minimum absolute atomic E-state index is 0.0687. The predicted octanol–water partition coefficient (Wildman–Crippen LogP) is 3.52. The summed E-state index contributed by atoms with van der Waals surface area (Å²) in [6.07, 6.45) is 0. The number of hydrogen-bond donors (Lipinski definition) is 1. The van der Waals surface area contributed by atoms with Crippen molar-refractivity contribution in [1.29, 1.82) is 0 Å². The molecule has 0 saturated carbocycles. The first-order valence-electron chi connectivity index (χ1n) is 7.14. The zero-order valence-electron chi connectivity index (χ0n) is 12.4. The van der Waals surface area contributed by atoms with Crippen LogP contribution in [0.5, 0.6) is 5.75 Å². The summed E-state index contributed by atoms with van der Waals surface area (Å²) in [5, 5.41) is 11.7. The number of benzene rings is 3. The van der Waals surface area contributed by atoms with E-state index in [4.69, 9.17) is 4.79 Å². The number of para-hydroxylation sites is 1. The van der Waals surface area contributed by atoms with Crippen LogP contribution in [0.25, 0.3) is 10.8 Å². The number of phenols is 1. The molecule has 114 valence electrons. The van der Waals surface area contributed by atoms with E-state index < -0.39 is 0 Å². The zero-order chi connectivity index (χ0) is 16.4. The summed E-state index contributed by atoms with van der Waals surface area (Å²) >= 11 is 0. The summed E-state index contributed by atoms with van der Waals surface area (Å²) < 4.78 is 0. The van der Waals surface area contributed by atoms with Crippen molar-refractivity contribution in [2.75, 3.05) is 4.90 Å². The molecule has 1 amide bonds. The van der Waals surface area contributed by atoms with E-state index >= 15 is 0 Å². The van der Waals surface area contributed by atoms with Gasteiger partial charge in [-0.05, 0) is 40.6 Å². The summed E-state index contributed by atoms with van der Waals surface area (Å²) in [7, 11) is 0. The number of carbonyl (C=O) groups excluding carboxylic acids is 2. The Morgan fingerprint density at radius 1 is 0.957 bits per heavy atom. The largest absolute Gasteiger partial charge is 0.508 e. The van der Waals surface area contributed by atoms with E-state index in [2.05, 4.69) is 0 Å². The molecule has 4 heteroatoms. The molecule has 3 aromatic rings. The average molecular weight is 305 g/mol. The van der Waals surface area contributed by atoms with Gasteiger partial charge in [-0.1, -0.05) is 36.4 Å². The second-order valence-electron chi connectivity index (χ2n) is 5.24. The van der Waals surface area contributed by atoms with Crippen LogP contribution in [-0.4, -0.2) is 17.8 Å². The van der Waals surface area contributed by atoms with Gasteiger partial charge in [-0.2, -0.15) is 0 Å². The minimum atomic E-state index is -0.0687. The maximum absolute atomic E-state index is 12.8. The first kappa shape index (κ1) is 14.8. The van der Waals surface area contributed by atoms with Crippen LogP contribution < -0.4 is 4.90 Å². The second kappa shape index (κ2) is 5.93. The zero-order valence-corrected chi connectivity index (χ0v) is 12.4. The fourth-order valence-corrected chi connectivity index (χ4v) is 2.99. The van der Waals surface area contributed by atoms with Gasteiger partial charge in [0.05, 0.1) is 12.1 Å². The Morgan fingerprint density at radius 2 is 1.70 bits per heavy atom. The van der Waals surface area contributed by atoms with Gasteiger partial charge in [0, 0.05) is 5.69 Å². The van der Waals surface area contributed by atoms with Crippen molar-refractivity contribution in [2.45, 2.75) is 6.54 Å². The van der Waals surface area contributed by atoms with Crippen molar-refractivity contribution in [3.8, 4) is 5.75 Å². The average Bonchev–Trinajstić information content (AvgIpc) is 2.60. The molecule has 23 heavy (non-hydrogen) atoms. The predicted molar refractivity (Wildman–Crippen MR) is 89.7 cm³/mol. The summed E-state index contributed by atoms with van der Waals surface area (Å²) in [5.74, 6) is 0.0544. The molecule has 0 atom stereocenters. The summed E-state index contributed by atoms with van der Waals surface area (Å²) in [5.41, 5.74) is 2.54. The molecule has 0 aromatic heterocycles. The van der Waals surface area contributed by atoms with Crippen LogP contribution in [-0.2, 0) is 11.3 Å². The third-order valence-corrected chi connectivity index (χ3v) is 3.92. The number of anilines is 1. The normalized spacial score (nSPS) is 12.7. The summed E-state index contributed by atoms with van der Waals surface area (Å²) in [4.78, 5) is 22.5. The van der Waals surface area contributed by atoms with E-state index in [0.717, 1.165) is 22.0 Å². The van der Waals surface area contributed by atoms with E-state index in [1.165, 1.54) is 0 Å². The topological polar surface area (TPSA) is 57.6 Å². The number of phenolic OH excluding ortho intramolecular Hbond substituents is 1. The number of aromatic hydroxyl groups is 1. The van der Waals surface area contributed by atoms with E-state index in [1.807, 2.05) is 55.3 Å². The highest BCUT2D eigenvalue weighted by molar-refractivity contribution is 6.17. The second-order valence-corrected chi connectivity index (χ2v) is 5.24. The van der Waals surface area contributed by atoms with Crippen molar-refractivity contribution < 1.29 is 14.7 Å². The Balaban J connectivity index is 0.000000753. The molecule has 3 aromatic carbocycles. The third kappa shape index (κ3) is 2.44. The third-order valence-electron chi connectivity index (χ3n) is 3.92. The molecule has 1 aliphatic rings. The Morgan fingerprint density at radius 3 is 2.43 bits per heavy atom. The minimum Gasteiger partial charge on any atom is -0.508 e. The molecule has 4 nitrogen and oxygen atoms in total. The Labute approximate surface area is 133 Å². The lowest BCUT2D eigenvalue weighted by molar-refractivity contribution is -0.0980. The van der Waals surface area contributed by atoms with Crippen LogP contribution in [0.3, 0.4) is 0 Å². The van der Waals surface area contributed by atoms with E-state index in [0.29, 0.717) is 12.1 Å². The lowest BCUT2D eigenvalue weighted by Crippen LogP contribution is -2.33. The van der Waals surface area contributed by atoms with Crippen LogP contribution in [0.15, 0.2) is 60.7 Å². The number of nitrogens with zero attached hydrogens (tertiary/aromatic N) is 1. The number of carbonyl (C=O) groups is 2. The number of rotatable bonds is 1. The molecular weight excluding hydrogens is 290 g/mol. The van der Waals surface area contributed by atoms with Crippen molar-refractivity contribution in [3.05, 3.63) is 71.8 Å². The summed E-state index contributed by atoms with van der Waals surface area (Å²) in [6.45, 7) is 2.55. The molecule has 0 radical (unpaired) electrons. The van der Waals surface area contributed by atoms with E-state index in [9.17, 15) is 9.90 Å². The van der Waals surface area contributed by atoms with Gasteiger partial charge in [0.1, 0.15) is 12.5 Å². The Bertz CT molecular complexity index is 874. The molecule has 1 aliphatic heterocycles. The van der Waals surface area contributed by atoms with Crippen LogP contribution in [0.1, 0.15) is 15.9 Å². The van der Waals surface area contributed by atoms with Gasteiger partial charge in [-0.25, -0.2) is 0 Å². The highest BCUT2D eigenvalue weighted by atomic mass is 16.3. The molecule has 0 saturated heterocycles. The lowest BCUT2D eigenvalue weighted by Gasteiger charge is -2.29. The molecular formula is C19H15NO3. The molecule has 0 aliphatic carbocycles. The molecule has 4 rings (SSSR count). The number of hydrogen-bond acceptors (Lipinski definition) is 3. The molecule has 1 heterocycles. The van der Waals surface area contributed by atoms with E-state index in [-0.39, 0.29) is 11.7 Å². The van der Waals surface area contributed by atoms with Crippen LogP contribution in [0, 0.1) is 0 Å². The Hall–Kier alpha value is -3.14. The molecule has 0 bridgehead atoms. The van der Waals surface area contributed by atoms with Crippen molar-refractivity contribution in [2.24, 2.45) is 0 Å². The highest BCUT2D eigenvalue weighted by Crippen LogP contribution is 2.34. The number of amides is 1. The summed E-state index contributed by atoms with van der Waals surface area (Å²) in [6, 6.07) is 18.8. The standard InChI is InChI=1S/C18H13NO2.CH2O/c20-15-9-12-5-4-6-13-11-19(14-7-2-1-3-8-14)18(21)16(10-15)17(12)13;1-2/h1-10,20H,11H2;1H2. The van der Waals surface area contributed by atoms with Gasteiger partial charge < -0.3 is 14.8 Å². The van der Waals surface area contributed by atoms with Gasteiger partial charge in [-0.15, -0.1) is 0 Å². The smallest absolute Gasteiger partial charge is 0.259 e. The van der Waals surface area contributed by atoms with Crippen molar-refractivity contribution >= 4 is 29.2 Å². The van der Waals surface area contributed by atoms with Crippen LogP contribution in [0.4, 0.5) is 5.69 Å². The quantitative estimate of drug-likeness (QED) is 0.748. The monoisotopic (exact) mass is 305 g/mol. The molecule has 1 N–H and O–H groups in total. The molecule has 0 fully saturated rings. The maximum atomic E-state index is 12.8. The van der Waals surface area contributed by atoms with Gasteiger partial charge >= 0.3 is 0 Å². The SMILES string of the molecule is C=O.O=C1c2cc(O)cc3cccc(c23)CN1c1ccccc1. The van der Waals surface area contributed by atoms with Crippen molar-refractivity contribution in [3.63, 3.8) is 0 Å².